The Morgan fingerprint density at radius 2 is 2.44 bits per heavy atom. The molecule has 0 aliphatic carbocycles. The molecular formula is C10H16N6. The maximum absolute atomic E-state index is 4.14. The SMILES string of the molecule is CC(NCCc1ncn[nH]1)c1ccnn1C. The normalized spacial score (nSPS) is 12.9. The van der Waals surface area contributed by atoms with Crippen LogP contribution in [0.2, 0.25) is 0 Å². The largest absolute Gasteiger partial charge is 0.308 e. The van der Waals surface area contributed by atoms with E-state index >= 15 is 0 Å². The van der Waals surface area contributed by atoms with E-state index in [4.69, 9.17) is 0 Å². The number of nitrogens with one attached hydrogen (secondary N) is 2. The Morgan fingerprint density at radius 3 is 3.06 bits per heavy atom. The van der Waals surface area contributed by atoms with Crippen LogP contribution in [0.15, 0.2) is 18.6 Å². The number of aromatic nitrogens is 5. The molecule has 2 N–H and O–H groups in total. The van der Waals surface area contributed by atoms with Crippen LogP contribution in [0.25, 0.3) is 0 Å². The Labute approximate surface area is 94.1 Å². The topological polar surface area (TPSA) is 71.4 Å². The van der Waals surface area contributed by atoms with Gasteiger partial charge in [0.05, 0.1) is 5.69 Å². The van der Waals surface area contributed by atoms with Gasteiger partial charge in [-0.1, -0.05) is 0 Å². The minimum absolute atomic E-state index is 0.287. The molecule has 0 amide bonds. The maximum Gasteiger partial charge on any atom is 0.137 e. The van der Waals surface area contributed by atoms with E-state index in [1.54, 1.807) is 0 Å². The van der Waals surface area contributed by atoms with Crippen LogP contribution in [0.5, 0.6) is 0 Å². The lowest BCUT2D eigenvalue weighted by atomic mass is 10.2. The number of hydrogen-bond donors (Lipinski definition) is 2. The Kier molecular flexibility index (Phi) is 3.31. The molecule has 1 unspecified atom stereocenters. The molecule has 0 aromatic carbocycles. The van der Waals surface area contributed by atoms with E-state index in [0.717, 1.165) is 18.8 Å². The van der Waals surface area contributed by atoms with Gasteiger partial charge in [0, 0.05) is 32.3 Å². The molecule has 0 aliphatic rings. The van der Waals surface area contributed by atoms with Crippen LogP contribution in [0.1, 0.15) is 24.5 Å². The average Bonchev–Trinajstić information content (AvgIpc) is 2.88. The van der Waals surface area contributed by atoms with Crippen LogP contribution >= 0.6 is 0 Å². The van der Waals surface area contributed by atoms with Gasteiger partial charge in [-0.25, -0.2) is 4.98 Å². The first kappa shape index (κ1) is 10.8. The lowest BCUT2D eigenvalue weighted by Gasteiger charge is -2.13. The van der Waals surface area contributed by atoms with Gasteiger partial charge < -0.3 is 5.32 Å². The molecular weight excluding hydrogens is 204 g/mol. The van der Waals surface area contributed by atoms with E-state index in [9.17, 15) is 0 Å². The van der Waals surface area contributed by atoms with Gasteiger partial charge >= 0.3 is 0 Å². The molecule has 6 nitrogen and oxygen atoms in total. The number of aryl methyl sites for hydroxylation is 1. The van der Waals surface area contributed by atoms with Crippen molar-refractivity contribution in [3.63, 3.8) is 0 Å². The zero-order chi connectivity index (χ0) is 11.4. The van der Waals surface area contributed by atoms with E-state index < -0.39 is 0 Å². The molecule has 16 heavy (non-hydrogen) atoms. The molecule has 0 aliphatic heterocycles. The molecule has 0 radical (unpaired) electrons. The summed E-state index contributed by atoms with van der Waals surface area (Å²) in [6, 6.07) is 2.31. The van der Waals surface area contributed by atoms with Gasteiger partial charge in [0.25, 0.3) is 0 Å². The van der Waals surface area contributed by atoms with Gasteiger partial charge in [-0.3, -0.25) is 9.78 Å². The predicted molar refractivity (Wildman–Crippen MR) is 59.7 cm³/mol. The zero-order valence-electron chi connectivity index (χ0n) is 9.51. The molecule has 86 valence electrons. The number of hydrogen-bond acceptors (Lipinski definition) is 4. The summed E-state index contributed by atoms with van der Waals surface area (Å²) in [5.74, 6) is 0.907. The fraction of sp³-hybridized carbons (Fsp3) is 0.500. The van der Waals surface area contributed by atoms with E-state index in [1.165, 1.54) is 12.0 Å². The first-order valence-corrected chi connectivity index (χ1v) is 5.33. The standard InChI is InChI=1S/C10H16N6/c1-8(9-3-6-14-16(9)2)11-5-4-10-12-7-13-15-10/h3,6-8,11H,4-5H2,1-2H3,(H,12,13,15). The predicted octanol–water partition coefficient (Wildman–Crippen LogP) is 0.431. The average molecular weight is 220 g/mol. The Morgan fingerprint density at radius 1 is 1.56 bits per heavy atom. The molecule has 2 aromatic heterocycles. The van der Waals surface area contributed by atoms with Crippen molar-refractivity contribution in [1.29, 1.82) is 0 Å². The second-order valence-electron chi connectivity index (χ2n) is 3.74. The first-order valence-electron chi connectivity index (χ1n) is 5.33. The molecule has 0 spiro atoms. The van der Waals surface area contributed by atoms with Crippen molar-refractivity contribution >= 4 is 0 Å². The number of H-pyrrole nitrogens is 1. The van der Waals surface area contributed by atoms with Gasteiger partial charge in [0.15, 0.2) is 0 Å². The molecule has 6 heteroatoms. The van der Waals surface area contributed by atoms with Crippen molar-refractivity contribution < 1.29 is 0 Å². The fourth-order valence-electron chi connectivity index (χ4n) is 1.67. The van der Waals surface area contributed by atoms with E-state index in [-0.39, 0.29) is 6.04 Å². The number of nitrogens with zero attached hydrogens (tertiary/aromatic N) is 4. The summed E-state index contributed by atoms with van der Waals surface area (Å²) in [5.41, 5.74) is 1.18. The summed E-state index contributed by atoms with van der Waals surface area (Å²) in [4.78, 5) is 4.07. The third kappa shape index (κ3) is 2.46. The highest BCUT2D eigenvalue weighted by Gasteiger charge is 2.08. The van der Waals surface area contributed by atoms with Crippen LogP contribution in [-0.4, -0.2) is 31.5 Å². The van der Waals surface area contributed by atoms with Crippen molar-refractivity contribution in [2.75, 3.05) is 6.54 Å². The summed E-state index contributed by atoms with van der Waals surface area (Å²) < 4.78 is 1.88. The van der Waals surface area contributed by atoms with Crippen LogP contribution in [0.3, 0.4) is 0 Å². The number of rotatable bonds is 5. The van der Waals surface area contributed by atoms with Crippen LogP contribution in [0, 0.1) is 0 Å². The van der Waals surface area contributed by atoms with Gasteiger partial charge in [-0.2, -0.15) is 10.2 Å². The van der Waals surface area contributed by atoms with Gasteiger partial charge in [-0.05, 0) is 13.0 Å². The van der Waals surface area contributed by atoms with E-state index in [0.29, 0.717) is 0 Å². The highest BCUT2D eigenvalue weighted by molar-refractivity contribution is 5.05. The quantitative estimate of drug-likeness (QED) is 0.766. The molecule has 0 saturated heterocycles. The minimum atomic E-state index is 0.287. The van der Waals surface area contributed by atoms with Crippen molar-refractivity contribution in [1.82, 2.24) is 30.3 Å². The third-order valence-corrected chi connectivity index (χ3v) is 2.58. The van der Waals surface area contributed by atoms with Crippen molar-refractivity contribution in [2.45, 2.75) is 19.4 Å². The lowest BCUT2D eigenvalue weighted by molar-refractivity contribution is 0.529. The van der Waals surface area contributed by atoms with E-state index in [1.807, 2.05) is 24.0 Å². The maximum atomic E-state index is 4.14. The summed E-state index contributed by atoms with van der Waals surface area (Å²) in [5, 5.41) is 14.2. The van der Waals surface area contributed by atoms with Crippen LogP contribution in [-0.2, 0) is 13.5 Å². The molecule has 1 atom stereocenters. The van der Waals surface area contributed by atoms with Crippen molar-refractivity contribution in [3.05, 3.63) is 30.1 Å². The van der Waals surface area contributed by atoms with Crippen LogP contribution < -0.4 is 5.32 Å². The zero-order valence-corrected chi connectivity index (χ0v) is 9.51. The first-order chi connectivity index (χ1) is 7.77. The molecule has 2 aromatic rings. The van der Waals surface area contributed by atoms with Crippen molar-refractivity contribution in [3.8, 4) is 0 Å². The summed E-state index contributed by atoms with van der Waals surface area (Å²) in [7, 11) is 1.95. The second kappa shape index (κ2) is 4.89. The second-order valence-corrected chi connectivity index (χ2v) is 3.74. The lowest BCUT2D eigenvalue weighted by Crippen LogP contribution is -2.23. The minimum Gasteiger partial charge on any atom is -0.308 e. The third-order valence-electron chi connectivity index (χ3n) is 2.58. The molecule has 2 heterocycles. The Hall–Kier alpha value is -1.69. The van der Waals surface area contributed by atoms with E-state index in [2.05, 4.69) is 32.5 Å². The van der Waals surface area contributed by atoms with Gasteiger partial charge in [0.1, 0.15) is 12.2 Å². The summed E-state index contributed by atoms with van der Waals surface area (Å²) >= 11 is 0. The highest BCUT2D eigenvalue weighted by Crippen LogP contribution is 2.09. The van der Waals surface area contributed by atoms with Crippen LogP contribution in [0.4, 0.5) is 0 Å². The molecule has 2 rings (SSSR count). The monoisotopic (exact) mass is 220 g/mol. The summed E-state index contributed by atoms with van der Waals surface area (Å²) in [6.07, 6.45) is 4.19. The Balaban J connectivity index is 1.80. The molecule has 0 fully saturated rings. The fourth-order valence-corrected chi connectivity index (χ4v) is 1.67. The number of aromatic amines is 1. The molecule has 0 bridgehead atoms. The smallest absolute Gasteiger partial charge is 0.137 e. The Bertz CT molecular complexity index is 418. The van der Waals surface area contributed by atoms with Gasteiger partial charge in [-0.15, -0.1) is 0 Å². The molecule has 0 saturated carbocycles. The summed E-state index contributed by atoms with van der Waals surface area (Å²) in [6.45, 7) is 2.99. The highest BCUT2D eigenvalue weighted by atomic mass is 15.3. The van der Waals surface area contributed by atoms with Crippen molar-refractivity contribution in [2.24, 2.45) is 7.05 Å². The van der Waals surface area contributed by atoms with Gasteiger partial charge in [0.2, 0.25) is 0 Å².